The smallest absolute Gasteiger partial charge is 0.229 e. The molecule has 0 aliphatic heterocycles. The lowest BCUT2D eigenvalue weighted by atomic mass is 9.96. The summed E-state index contributed by atoms with van der Waals surface area (Å²) in [6.45, 7) is 1.98. The fourth-order valence-corrected chi connectivity index (χ4v) is 4.32. The summed E-state index contributed by atoms with van der Waals surface area (Å²) < 4.78 is 19.6. The summed E-state index contributed by atoms with van der Waals surface area (Å²) in [5.41, 5.74) is 1.75. The molecule has 0 bridgehead atoms. The van der Waals surface area contributed by atoms with Crippen molar-refractivity contribution in [1.82, 2.24) is 9.97 Å². The number of aliphatic hydroxyl groups is 1. The van der Waals surface area contributed by atoms with Crippen LogP contribution >= 0.6 is 11.3 Å². The highest BCUT2D eigenvalue weighted by Gasteiger charge is 2.14. The van der Waals surface area contributed by atoms with Gasteiger partial charge in [-0.05, 0) is 36.1 Å². The Bertz CT molecular complexity index is 1080. The second-order valence-corrected chi connectivity index (χ2v) is 9.66. The largest absolute Gasteiger partial charge is 0.394 e. The quantitative estimate of drug-likeness (QED) is 0.412. The van der Waals surface area contributed by atoms with Gasteiger partial charge in [-0.25, -0.2) is 14.0 Å². The number of benzene rings is 1. The normalized spacial score (nSPS) is 14.2. The van der Waals surface area contributed by atoms with Crippen molar-refractivity contribution in [2.24, 2.45) is 0 Å². The summed E-state index contributed by atoms with van der Waals surface area (Å²) in [6, 6.07) is 8.70. The number of hydrogen-bond donors (Lipinski definition) is 4. The van der Waals surface area contributed by atoms with Crippen molar-refractivity contribution in [2.45, 2.75) is 24.3 Å². The van der Waals surface area contributed by atoms with E-state index >= 15 is 0 Å². The average molecular weight is 427 g/mol. The monoisotopic (exact) mass is 427 g/mol. The first-order valence-electron chi connectivity index (χ1n) is 9.00. The van der Waals surface area contributed by atoms with Crippen molar-refractivity contribution in [3.63, 3.8) is 0 Å². The first-order chi connectivity index (χ1) is 13.8. The molecule has 2 atom stereocenters. The van der Waals surface area contributed by atoms with Gasteiger partial charge in [0.15, 0.2) is 0 Å². The second-order valence-electron chi connectivity index (χ2n) is 6.59. The van der Waals surface area contributed by atoms with Crippen LogP contribution in [0, 0.1) is 4.78 Å². The highest BCUT2D eigenvalue weighted by atomic mass is 32.2. The first-order valence-corrected chi connectivity index (χ1v) is 11.8. The van der Waals surface area contributed by atoms with E-state index in [0.717, 1.165) is 16.9 Å². The molecule has 0 amide bonds. The van der Waals surface area contributed by atoms with E-state index in [9.17, 15) is 9.32 Å². The van der Waals surface area contributed by atoms with Crippen LogP contribution < -0.4 is 16.1 Å². The topological polar surface area (TPSA) is 111 Å². The molecule has 0 saturated carbocycles. The van der Waals surface area contributed by atoms with Gasteiger partial charge in [0, 0.05) is 27.9 Å². The number of aromatic nitrogens is 2. The number of nitrogens with one attached hydrogen (secondary N) is 3. The molecule has 0 spiro atoms. The van der Waals surface area contributed by atoms with Crippen molar-refractivity contribution in [3.8, 4) is 10.4 Å². The zero-order valence-corrected chi connectivity index (χ0v) is 17.8. The maximum atomic E-state index is 11.9. The molecule has 0 aliphatic carbocycles. The van der Waals surface area contributed by atoms with Crippen molar-refractivity contribution in [1.29, 1.82) is 4.78 Å². The molecule has 3 rings (SSSR count). The van der Waals surface area contributed by atoms with Gasteiger partial charge in [-0.3, -0.25) is 0 Å². The van der Waals surface area contributed by atoms with Crippen LogP contribution in [0.3, 0.4) is 0 Å². The molecule has 1 unspecified atom stereocenters. The van der Waals surface area contributed by atoms with Gasteiger partial charge in [-0.2, -0.15) is 4.98 Å². The molecule has 0 fully saturated rings. The van der Waals surface area contributed by atoms with Gasteiger partial charge in [0.05, 0.1) is 27.9 Å². The zero-order valence-electron chi connectivity index (χ0n) is 16.2. The van der Waals surface area contributed by atoms with Gasteiger partial charge >= 0.3 is 0 Å². The molecule has 10 heteroatoms. The number of aliphatic hydroxyl groups excluding tert-OH is 1. The van der Waals surface area contributed by atoms with Crippen LogP contribution in [0.15, 0.2) is 46.8 Å². The predicted octanol–water partition coefficient (Wildman–Crippen LogP) is 2.96. The van der Waals surface area contributed by atoms with Gasteiger partial charge in [0.2, 0.25) is 5.95 Å². The molecule has 2 aromatic heterocycles. The molecular formula is C19H22BN5O2S2. The molecule has 29 heavy (non-hydrogen) atoms. The van der Waals surface area contributed by atoms with E-state index in [4.69, 9.17) is 12.6 Å². The van der Waals surface area contributed by atoms with Crippen LogP contribution in [0.25, 0.3) is 10.4 Å². The molecule has 4 N–H and O–H groups in total. The lowest BCUT2D eigenvalue weighted by Gasteiger charge is -2.18. The van der Waals surface area contributed by atoms with Crippen molar-refractivity contribution < 1.29 is 9.32 Å². The molecule has 2 radical (unpaired) electrons. The Morgan fingerprint density at radius 3 is 2.76 bits per heavy atom. The molecule has 150 valence electrons. The molecule has 1 aromatic carbocycles. The Balaban J connectivity index is 1.93. The van der Waals surface area contributed by atoms with Crippen LogP contribution in [-0.2, 0) is 9.73 Å². The van der Waals surface area contributed by atoms with Crippen LogP contribution in [0.5, 0.6) is 0 Å². The van der Waals surface area contributed by atoms with E-state index in [1.165, 1.54) is 6.26 Å². The van der Waals surface area contributed by atoms with Gasteiger partial charge in [0.1, 0.15) is 13.7 Å². The van der Waals surface area contributed by atoms with E-state index in [1.54, 1.807) is 35.7 Å². The lowest BCUT2D eigenvalue weighted by Crippen LogP contribution is -2.24. The highest BCUT2D eigenvalue weighted by molar-refractivity contribution is 7.92. The second kappa shape index (κ2) is 8.94. The summed E-state index contributed by atoms with van der Waals surface area (Å²) in [6.07, 6.45) is 3.81. The number of hydrogen-bond acceptors (Lipinski definition) is 8. The minimum atomic E-state index is -2.90. The lowest BCUT2D eigenvalue weighted by molar-refractivity contribution is 0.271. The zero-order chi connectivity index (χ0) is 21.0. The Morgan fingerprint density at radius 1 is 1.38 bits per heavy atom. The van der Waals surface area contributed by atoms with Crippen molar-refractivity contribution in [2.75, 3.05) is 23.5 Å². The minimum Gasteiger partial charge on any atom is -0.394 e. The van der Waals surface area contributed by atoms with Crippen LogP contribution in [0.2, 0.25) is 0 Å². The third-order valence-corrected chi connectivity index (χ3v) is 6.43. The maximum absolute atomic E-state index is 11.9. The summed E-state index contributed by atoms with van der Waals surface area (Å²) in [4.78, 5) is 10.3. The predicted molar refractivity (Wildman–Crippen MR) is 120 cm³/mol. The van der Waals surface area contributed by atoms with Gasteiger partial charge in [-0.15, -0.1) is 11.3 Å². The number of anilines is 3. The van der Waals surface area contributed by atoms with Crippen LogP contribution in [0.4, 0.5) is 17.5 Å². The molecule has 0 aliphatic rings. The molecule has 2 heterocycles. The molecular weight excluding hydrogens is 405 g/mol. The van der Waals surface area contributed by atoms with E-state index in [1.807, 2.05) is 24.4 Å². The fraction of sp³-hybridized carbons (Fsp3) is 0.263. The third-order valence-electron chi connectivity index (χ3n) is 4.32. The number of nitrogens with zero attached hydrogens (tertiary/aromatic N) is 2. The Kier molecular flexibility index (Phi) is 6.56. The van der Waals surface area contributed by atoms with E-state index < -0.39 is 9.73 Å². The first kappa shape index (κ1) is 21.3. The average Bonchev–Trinajstić information content (AvgIpc) is 3.19. The summed E-state index contributed by atoms with van der Waals surface area (Å²) in [5.74, 6) is 0.981. The van der Waals surface area contributed by atoms with E-state index in [2.05, 4.69) is 20.6 Å². The fourth-order valence-electron chi connectivity index (χ4n) is 2.74. The van der Waals surface area contributed by atoms with E-state index in [-0.39, 0.29) is 18.1 Å². The summed E-state index contributed by atoms with van der Waals surface area (Å²) >= 11 is 1.58. The van der Waals surface area contributed by atoms with Gasteiger partial charge < -0.3 is 15.7 Å². The number of thiophene rings is 1. The summed E-state index contributed by atoms with van der Waals surface area (Å²) in [5, 5.41) is 17.9. The SMILES string of the molecule is [B]c1cc(Nc2ncc(-c3cccs3)c(N[C@H](CC)CO)n2)ccc1S(C)(=N)=O. The van der Waals surface area contributed by atoms with Crippen LogP contribution in [-0.4, -0.2) is 46.0 Å². The molecule has 3 aromatic rings. The van der Waals surface area contributed by atoms with E-state index in [0.29, 0.717) is 22.3 Å². The minimum absolute atomic E-state index is 0.00540. The molecule has 7 nitrogen and oxygen atoms in total. The van der Waals surface area contributed by atoms with Crippen molar-refractivity contribution >= 4 is 51.8 Å². The number of rotatable bonds is 8. The highest BCUT2D eigenvalue weighted by Crippen LogP contribution is 2.31. The van der Waals surface area contributed by atoms with Gasteiger partial charge in [0.25, 0.3) is 0 Å². The molecule has 0 saturated heterocycles. The maximum Gasteiger partial charge on any atom is 0.229 e. The summed E-state index contributed by atoms with van der Waals surface area (Å²) in [7, 11) is 3.07. The Labute approximate surface area is 176 Å². The standard InChI is InChI=1S/C19H22BN5O2S2/c1-3-12(11-26)23-18-14(16-5-4-8-28-16)10-22-19(25-18)24-13-6-7-17(15(20)9-13)29(2,21)27/h4-10,12,21,26H,3,11H2,1-2H3,(H2,22,23,24,25)/t12-,29?/m1/s1. The van der Waals surface area contributed by atoms with Crippen LogP contribution in [0.1, 0.15) is 13.3 Å². The third kappa shape index (κ3) is 5.14. The van der Waals surface area contributed by atoms with Crippen molar-refractivity contribution in [3.05, 3.63) is 41.9 Å². The Morgan fingerprint density at radius 2 is 2.17 bits per heavy atom. The Hall–Kier alpha value is -2.43. The van der Waals surface area contributed by atoms with Gasteiger partial charge in [-0.1, -0.05) is 18.5 Å².